The van der Waals surface area contributed by atoms with Crippen LogP contribution < -0.4 is 16.0 Å². The summed E-state index contributed by atoms with van der Waals surface area (Å²) < 4.78 is 27.4. The van der Waals surface area contributed by atoms with Crippen LogP contribution in [0.15, 0.2) is 18.2 Å². The molecular weight excluding hydrogens is 304 g/mol. The lowest BCUT2D eigenvalue weighted by atomic mass is 10.1. The average Bonchev–Trinajstić information content (AvgIpc) is 3.26. The summed E-state index contributed by atoms with van der Waals surface area (Å²) in [5.41, 5.74) is 0.0185. The second-order valence-electron chi connectivity index (χ2n) is 6.04. The summed E-state index contributed by atoms with van der Waals surface area (Å²) in [5.74, 6) is -1.74. The largest absolute Gasteiger partial charge is 0.354 e. The number of hydrogen-bond donors (Lipinski definition) is 3. The Hall–Kier alpha value is -2.18. The zero-order chi connectivity index (χ0) is 16.4. The molecule has 3 atom stereocenters. The van der Waals surface area contributed by atoms with E-state index in [0.717, 1.165) is 12.8 Å². The molecule has 2 fully saturated rings. The number of carbonyl (C=O) groups is 2. The molecule has 3 amide bonds. The molecule has 7 heteroatoms. The molecule has 5 nitrogen and oxygen atoms in total. The summed E-state index contributed by atoms with van der Waals surface area (Å²) in [6, 6.07) is 2.40. The van der Waals surface area contributed by atoms with Crippen molar-refractivity contribution in [3.8, 4) is 0 Å². The predicted octanol–water partition coefficient (Wildman–Crippen LogP) is 1.79. The van der Waals surface area contributed by atoms with E-state index >= 15 is 0 Å². The molecule has 0 spiro atoms. The van der Waals surface area contributed by atoms with Crippen LogP contribution in [0.4, 0.5) is 13.6 Å². The van der Waals surface area contributed by atoms with E-state index in [1.807, 2.05) is 0 Å². The van der Waals surface area contributed by atoms with Crippen molar-refractivity contribution in [3.63, 3.8) is 0 Å². The van der Waals surface area contributed by atoms with Gasteiger partial charge in [-0.15, -0.1) is 0 Å². The van der Waals surface area contributed by atoms with Gasteiger partial charge in [-0.3, -0.25) is 4.79 Å². The van der Waals surface area contributed by atoms with Gasteiger partial charge in [0.1, 0.15) is 17.7 Å². The van der Waals surface area contributed by atoms with E-state index in [1.54, 1.807) is 0 Å². The second kappa shape index (κ2) is 6.52. The SMILES string of the molecule is O=C(N[C@H]1CCCCNC1=O)N[C@@H]1C[C@H]1c1c(F)cccc1F. The second-order valence-corrected chi connectivity index (χ2v) is 6.04. The van der Waals surface area contributed by atoms with Crippen LogP contribution >= 0.6 is 0 Å². The molecule has 0 bridgehead atoms. The van der Waals surface area contributed by atoms with Gasteiger partial charge in [0.05, 0.1) is 0 Å². The lowest BCUT2D eigenvalue weighted by molar-refractivity contribution is -0.122. The molecule has 1 aromatic rings. The highest BCUT2D eigenvalue weighted by Gasteiger charge is 2.43. The molecule has 3 N–H and O–H groups in total. The first kappa shape index (κ1) is 15.7. The lowest BCUT2D eigenvalue weighted by Gasteiger charge is -2.16. The van der Waals surface area contributed by atoms with Crippen LogP contribution in [-0.2, 0) is 4.79 Å². The van der Waals surface area contributed by atoms with Crippen molar-refractivity contribution in [1.82, 2.24) is 16.0 Å². The fraction of sp³-hybridized carbons (Fsp3) is 0.500. The Morgan fingerprint density at radius 1 is 1.17 bits per heavy atom. The summed E-state index contributed by atoms with van der Waals surface area (Å²) >= 11 is 0. The summed E-state index contributed by atoms with van der Waals surface area (Å²) in [6.45, 7) is 0.621. The first-order valence-corrected chi connectivity index (χ1v) is 7.85. The van der Waals surface area contributed by atoms with E-state index < -0.39 is 23.7 Å². The number of halogens is 2. The van der Waals surface area contributed by atoms with Crippen molar-refractivity contribution < 1.29 is 18.4 Å². The van der Waals surface area contributed by atoms with E-state index in [-0.39, 0.29) is 23.4 Å². The minimum absolute atomic E-state index is 0.0185. The van der Waals surface area contributed by atoms with Crippen molar-refractivity contribution in [2.24, 2.45) is 0 Å². The van der Waals surface area contributed by atoms with E-state index in [2.05, 4.69) is 16.0 Å². The smallest absolute Gasteiger partial charge is 0.315 e. The maximum Gasteiger partial charge on any atom is 0.315 e. The molecule has 124 valence electrons. The lowest BCUT2D eigenvalue weighted by Crippen LogP contribution is -2.49. The predicted molar refractivity (Wildman–Crippen MR) is 79.8 cm³/mol. The van der Waals surface area contributed by atoms with E-state index in [4.69, 9.17) is 0 Å². The molecule has 1 aliphatic carbocycles. The van der Waals surface area contributed by atoms with Crippen LogP contribution in [0.5, 0.6) is 0 Å². The summed E-state index contributed by atoms with van der Waals surface area (Å²) in [5, 5.41) is 8.05. The summed E-state index contributed by atoms with van der Waals surface area (Å²) in [7, 11) is 0. The van der Waals surface area contributed by atoms with Crippen molar-refractivity contribution in [1.29, 1.82) is 0 Å². The zero-order valence-corrected chi connectivity index (χ0v) is 12.6. The highest BCUT2D eigenvalue weighted by molar-refractivity contribution is 5.87. The zero-order valence-electron chi connectivity index (χ0n) is 12.6. The third-order valence-corrected chi connectivity index (χ3v) is 4.32. The van der Waals surface area contributed by atoms with Gasteiger partial charge in [0.25, 0.3) is 0 Å². The number of benzene rings is 1. The third kappa shape index (κ3) is 3.60. The Morgan fingerprint density at radius 2 is 1.91 bits per heavy atom. The number of amides is 3. The number of carbonyl (C=O) groups excluding carboxylic acids is 2. The first-order chi connectivity index (χ1) is 11.1. The Morgan fingerprint density at radius 3 is 2.65 bits per heavy atom. The van der Waals surface area contributed by atoms with Gasteiger partial charge >= 0.3 is 6.03 Å². The van der Waals surface area contributed by atoms with Gasteiger partial charge in [0, 0.05) is 24.1 Å². The minimum Gasteiger partial charge on any atom is -0.354 e. The summed E-state index contributed by atoms with van der Waals surface area (Å²) in [6.07, 6.45) is 2.83. The van der Waals surface area contributed by atoms with Crippen LogP contribution in [0.3, 0.4) is 0 Å². The van der Waals surface area contributed by atoms with Crippen molar-refractivity contribution >= 4 is 11.9 Å². The van der Waals surface area contributed by atoms with Gasteiger partial charge in [0.15, 0.2) is 0 Å². The van der Waals surface area contributed by atoms with E-state index in [1.165, 1.54) is 18.2 Å². The topological polar surface area (TPSA) is 70.2 Å². The Kier molecular flexibility index (Phi) is 4.45. The molecular formula is C16H19F2N3O2. The fourth-order valence-corrected chi connectivity index (χ4v) is 2.98. The standard InChI is InChI=1S/C16H19F2N3O2/c17-10-4-3-5-11(18)14(10)9-8-13(9)21-16(23)20-12-6-1-2-7-19-15(12)22/h3-5,9,12-13H,1-2,6-8H2,(H,19,22)(H2,20,21,23)/t9-,12+,13-/m1/s1. The van der Waals surface area contributed by atoms with Gasteiger partial charge in [-0.05, 0) is 37.8 Å². The van der Waals surface area contributed by atoms with Crippen LogP contribution in [0.25, 0.3) is 0 Å². The van der Waals surface area contributed by atoms with E-state index in [0.29, 0.717) is 19.4 Å². The molecule has 1 saturated carbocycles. The number of nitrogens with one attached hydrogen (secondary N) is 3. The molecule has 0 unspecified atom stereocenters. The van der Waals surface area contributed by atoms with E-state index in [9.17, 15) is 18.4 Å². The Bertz CT molecular complexity index is 603. The van der Waals surface area contributed by atoms with Crippen molar-refractivity contribution in [3.05, 3.63) is 35.4 Å². The quantitative estimate of drug-likeness (QED) is 0.794. The molecule has 1 heterocycles. The molecule has 3 rings (SSSR count). The van der Waals surface area contributed by atoms with Gasteiger partial charge in [-0.1, -0.05) is 6.07 Å². The van der Waals surface area contributed by atoms with Gasteiger partial charge in [-0.2, -0.15) is 0 Å². The first-order valence-electron chi connectivity index (χ1n) is 7.85. The molecule has 0 radical (unpaired) electrons. The summed E-state index contributed by atoms with van der Waals surface area (Å²) in [4.78, 5) is 23.8. The maximum absolute atomic E-state index is 13.7. The highest BCUT2D eigenvalue weighted by atomic mass is 19.1. The average molecular weight is 323 g/mol. The van der Waals surface area contributed by atoms with Crippen LogP contribution in [0.2, 0.25) is 0 Å². The van der Waals surface area contributed by atoms with Crippen LogP contribution in [0.1, 0.15) is 37.2 Å². The van der Waals surface area contributed by atoms with Gasteiger partial charge in [-0.25, -0.2) is 13.6 Å². The third-order valence-electron chi connectivity index (χ3n) is 4.32. The minimum atomic E-state index is -0.595. The monoisotopic (exact) mass is 323 g/mol. The van der Waals surface area contributed by atoms with Gasteiger partial charge in [0.2, 0.25) is 5.91 Å². The van der Waals surface area contributed by atoms with Crippen molar-refractivity contribution in [2.75, 3.05) is 6.54 Å². The van der Waals surface area contributed by atoms with Crippen LogP contribution in [0, 0.1) is 11.6 Å². The Labute approximate surface area is 132 Å². The molecule has 1 saturated heterocycles. The maximum atomic E-state index is 13.7. The number of hydrogen-bond acceptors (Lipinski definition) is 2. The van der Waals surface area contributed by atoms with Gasteiger partial charge < -0.3 is 16.0 Å². The molecule has 23 heavy (non-hydrogen) atoms. The number of urea groups is 1. The van der Waals surface area contributed by atoms with Crippen LogP contribution in [-0.4, -0.2) is 30.6 Å². The normalized spacial score (nSPS) is 26.9. The fourth-order valence-electron chi connectivity index (χ4n) is 2.98. The Balaban J connectivity index is 1.55. The highest BCUT2D eigenvalue weighted by Crippen LogP contribution is 2.43. The molecule has 0 aromatic heterocycles. The molecule has 1 aliphatic heterocycles. The number of rotatable bonds is 3. The van der Waals surface area contributed by atoms with Crippen molar-refractivity contribution in [2.45, 2.75) is 43.7 Å². The molecule has 2 aliphatic rings. The molecule has 1 aromatic carbocycles.